The van der Waals surface area contributed by atoms with E-state index >= 15 is 0 Å². The molecule has 0 saturated carbocycles. The third-order valence-corrected chi connectivity index (χ3v) is 5.24. The number of pyridine rings is 1. The molecule has 0 aliphatic rings. The van der Waals surface area contributed by atoms with Gasteiger partial charge in [-0.2, -0.15) is 5.26 Å². The lowest BCUT2D eigenvalue weighted by Gasteiger charge is -2.05. The summed E-state index contributed by atoms with van der Waals surface area (Å²) in [5.41, 5.74) is 1.71. The van der Waals surface area contributed by atoms with E-state index in [-0.39, 0.29) is 18.1 Å². The number of benzene rings is 1. The molecule has 0 atom stereocenters. The van der Waals surface area contributed by atoms with Gasteiger partial charge in [0, 0.05) is 16.8 Å². The van der Waals surface area contributed by atoms with Crippen LogP contribution in [0.4, 0.5) is 0 Å². The number of hydrogen-bond donors (Lipinski definition) is 0. The molecule has 0 fully saturated rings. The highest BCUT2D eigenvalue weighted by Crippen LogP contribution is 2.33. The first-order valence-electron chi connectivity index (χ1n) is 8.18. The van der Waals surface area contributed by atoms with E-state index in [0.717, 1.165) is 11.8 Å². The Balaban J connectivity index is 1.98. The third kappa shape index (κ3) is 3.85. The molecule has 2 heterocycles. The van der Waals surface area contributed by atoms with Gasteiger partial charge in [0.1, 0.15) is 17.3 Å². The van der Waals surface area contributed by atoms with Crippen molar-refractivity contribution in [3.63, 3.8) is 0 Å². The molecule has 0 aliphatic heterocycles. The number of hydrogen-bond acceptors (Lipinski definition) is 5. The lowest BCUT2D eigenvalue weighted by molar-refractivity contribution is 0.0525. The lowest BCUT2D eigenvalue weighted by atomic mass is 10.1. The first-order valence-corrected chi connectivity index (χ1v) is 9.55. The van der Waals surface area contributed by atoms with Gasteiger partial charge < -0.3 is 9.14 Å². The van der Waals surface area contributed by atoms with Crippen LogP contribution in [-0.4, -0.2) is 28.5 Å². The second kappa shape index (κ2) is 8.30. The smallest absolute Gasteiger partial charge is 0.341 e. The van der Waals surface area contributed by atoms with E-state index < -0.39 is 5.97 Å². The zero-order chi connectivity index (χ0) is 19.4. The third-order valence-electron chi connectivity index (χ3n) is 3.90. The second-order valence-corrected chi connectivity index (χ2v) is 6.98. The molecular formula is C20H15ClN2O3S. The molecule has 136 valence electrons. The highest BCUT2D eigenvalue weighted by atomic mass is 35.5. The van der Waals surface area contributed by atoms with Crippen molar-refractivity contribution < 1.29 is 14.3 Å². The maximum atomic E-state index is 12.5. The van der Waals surface area contributed by atoms with E-state index in [2.05, 4.69) is 6.07 Å². The molecule has 0 amide bonds. The molecule has 5 nitrogen and oxygen atoms in total. The number of carbonyl (C=O) groups is 2. The minimum Gasteiger partial charge on any atom is -0.462 e. The van der Waals surface area contributed by atoms with Crippen LogP contribution >= 0.6 is 23.4 Å². The van der Waals surface area contributed by atoms with E-state index in [4.69, 9.17) is 16.3 Å². The molecule has 7 heteroatoms. The number of thioether (sulfide) groups is 1. The van der Waals surface area contributed by atoms with Crippen LogP contribution in [0.25, 0.3) is 5.52 Å². The van der Waals surface area contributed by atoms with Gasteiger partial charge in [0.15, 0.2) is 5.78 Å². The van der Waals surface area contributed by atoms with E-state index in [9.17, 15) is 14.9 Å². The number of rotatable bonds is 6. The van der Waals surface area contributed by atoms with Crippen LogP contribution < -0.4 is 0 Å². The van der Waals surface area contributed by atoms with Crippen molar-refractivity contribution in [3.05, 3.63) is 70.5 Å². The molecule has 0 bridgehead atoms. The van der Waals surface area contributed by atoms with Crippen molar-refractivity contribution in [2.24, 2.45) is 0 Å². The fourth-order valence-corrected chi connectivity index (χ4v) is 3.87. The zero-order valence-corrected chi connectivity index (χ0v) is 16.0. The molecule has 3 aromatic rings. The molecule has 27 heavy (non-hydrogen) atoms. The average Bonchev–Trinajstić information content (AvgIpc) is 3.00. The fourth-order valence-electron chi connectivity index (χ4n) is 2.69. The van der Waals surface area contributed by atoms with E-state index in [0.29, 0.717) is 32.3 Å². The molecule has 3 rings (SSSR count). The van der Waals surface area contributed by atoms with E-state index in [1.165, 1.54) is 0 Å². The standard InChI is InChI=1S/C20H15ClN2O3S/c1-2-26-20(25)18-15-5-3-4-10-23(15)16(11-22)19(18)27-12-17(24)13-6-8-14(21)9-7-13/h3-10H,2,12H2,1H3. The predicted molar refractivity (Wildman–Crippen MR) is 105 cm³/mol. The van der Waals surface area contributed by atoms with Gasteiger partial charge in [0.25, 0.3) is 0 Å². The van der Waals surface area contributed by atoms with Gasteiger partial charge in [-0.15, -0.1) is 11.8 Å². The molecule has 2 aromatic heterocycles. The van der Waals surface area contributed by atoms with Crippen molar-refractivity contribution in [1.29, 1.82) is 5.26 Å². The Bertz CT molecular complexity index is 1050. The molecule has 0 saturated heterocycles. The van der Waals surface area contributed by atoms with Gasteiger partial charge in [0.2, 0.25) is 0 Å². The van der Waals surface area contributed by atoms with Crippen molar-refractivity contribution in [1.82, 2.24) is 4.40 Å². The second-order valence-electron chi connectivity index (χ2n) is 5.56. The normalized spacial score (nSPS) is 10.6. The van der Waals surface area contributed by atoms with Crippen molar-refractivity contribution in [2.45, 2.75) is 11.8 Å². The first-order chi connectivity index (χ1) is 13.1. The maximum Gasteiger partial charge on any atom is 0.341 e. The Morgan fingerprint density at radius 3 is 2.63 bits per heavy atom. The number of Topliss-reactive ketones (excluding diaryl/α,β-unsaturated/α-hetero) is 1. The van der Waals surface area contributed by atoms with Crippen molar-refractivity contribution in [3.8, 4) is 6.07 Å². The SMILES string of the molecule is CCOC(=O)c1c(SCC(=O)c2ccc(Cl)cc2)c(C#N)n2ccccc12. The number of halogens is 1. The fraction of sp³-hybridized carbons (Fsp3) is 0.150. The molecule has 0 aliphatic carbocycles. The molecule has 0 N–H and O–H groups in total. The summed E-state index contributed by atoms with van der Waals surface area (Å²) in [4.78, 5) is 25.4. The Morgan fingerprint density at radius 1 is 1.22 bits per heavy atom. The van der Waals surface area contributed by atoms with Gasteiger partial charge in [-0.25, -0.2) is 4.79 Å². The van der Waals surface area contributed by atoms with Gasteiger partial charge in [0.05, 0.1) is 22.8 Å². The van der Waals surface area contributed by atoms with Crippen molar-refractivity contribution >= 4 is 40.6 Å². The summed E-state index contributed by atoms with van der Waals surface area (Å²) in [6.45, 7) is 1.94. The molecule has 0 radical (unpaired) electrons. The van der Waals surface area contributed by atoms with Gasteiger partial charge in [-0.05, 0) is 43.3 Å². The van der Waals surface area contributed by atoms with Crippen LogP contribution in [-0.2, 0) is 4.74 Å². The monoisotopic (exact) mass is 398 g/mol. The number of carbonyl (C=O) groups excluding carboxylic acids is 2. The maximum absolute atomic E-state index is 12.5. The van der Waals surface area contributed by atoms with Crippen LogP contribution in [0, 0.1) is 11.3 Å². The number of nitrogens with zero attached hydrogens (tertiary/aromatic N) is 2. The number of nitriles is 1. The molecule has 0 unspecified atom stereocenters. The Morgan fingerprint density at radius 2 is 1.96 bits per heavy atom. The Kier molecular flexibility index (Phi) is 5.84. The van der Waals surface area contributed by atoms with Crippen LogP contribution in [0.3, 0.4) is 0 Å². The molecule has 0 spiro atoms. The zero-order valence-electron chi connectivity index (χ0n) is 14.4. The Labute approximate surface area is 165 Å². The highest BCUT2D eigenvalue weighted by Gasteiger charge is 2.25. The summed E-state index contributed by atoms with van der Waals surface area (Å²) in [7, 11) is 0. The number of fused-ring (bicyclic) bond motifs is 1. The molecular weight excluding hydrogens is 384 g/mol. The van der Waals surface area contributed by atoms with Gasteiger partial charge >= 0.3 is 5.97 Å². The summed E-state index contributed by atoms with van der Waals surface area (Å²) in [5, 5.41) is 10.2. The largest absolute Gasteiger partial charge is 0.462 e. The Hall–Kier alpha value is -2.75. The molecule has 1 aromatic carbocycles. The topological polar surface area (TPSA) is 71.6 Å². The van der Waals surface area contributed by atoms with Gasteiger partial charge in [-0.3, -0.25) is 4.79 Å². The predicted octanol–water partition coefficient (Wildman–Crippen LogP) is 4.62. The number of esters is 1. The summed E-state index contributed by atoms with van der Waals surface area (Å²) >= 11 is 7.01. The lowest BCUT2D eigenvalue weighted by Crippen LogP contribution is -2.07. The van der Waals surface area contributed by atoms with Crippen LogP contribution in [0.5, 0.6) is 0 Å². The van der Waals surface area contributed by atoms with Crippen LogP contribution in [0.2, 0.25) is 5.02 Å². The number of aromatic nitrogens is 1. The van der Waals surface area contributed by atoms with Crippen molar-refractivity contribution in [2.75, 3.05) is 12.4 Å². The highest BCUT2D eigenvalue weighted by molar-refractivity contribution is 8.00. The first kappa shape index (κ1) is 19.0. The summed E-state index contributed by atoms with van der Waals surface area (Å²) in [6.07, 6.45) is 1.71. The summed E-state index contributed by atoms with van der Waals surface area (Å²) in [5.74, 6) is -0.547. The van der Waals surface area contributed by atoms with Crippen LogP contribution in [0.1, 0.15) is 33.3 Å². The van der Waals surface area contributed by atoms with Gasteiger partial charge in [-0.1, -0.05) is 17.7 Å². The average molecular weight is 399 g/mol. The van der Waals surface area contributed by atoms with Crippen LogP contribution in [0.15, 0.2) is 53.6 Å². The summed E-state index contributed by atoms with van der Waals surface area (Å²) < 4.78 is 6.80. The quantitative estimate of drug-likeness (QED) is 0.344. The minimum atomic E-state index is -0.510. The summed E-state index contributed by atoms with van der Waals surface area (Å²) in [6, 6.07) is 14.0. The van der Waals surface area contributed by atoms with E-state index in [1.54, 1.807) is 60.0 Å². The number of ether oxygens (including phenoxy) is 1. The number of ketones is 1. The minimum absolute atomic E-state index is 0.0829. The van der Waals surface area contributed by atoms with E-state index in [1.807, 2.05) is 0 Å².